The molecule has 0 rings (SSSR count). The van der Waals surface area contributed by atoms with Crippen molar-refractivity contribution in [2.75, 3.05) is 5.75 Å². The third-order valence-corrected chi connectivity index (χ3v) is 10.1. The maximum absolute atomic E-state index is 12.5. The summed E-state index contributed by atoms with van der Waals surface area (Å²) in [6.07, 6.45) is 36.6. The first-order valence-electron chi connectivity index (χ1n) is 20.0. The van der Waals surface area contributed by atoms with Gasteiger partial charge in [0.1, 0.15) is 6.10 Å². The molecular weight excluding hydrogens is 610 g/mol. The van der Waals surface area contributed by atoms with Crippen LogP contribution in [0.25, 0.3) is 0 Å². The molecule has 0 aliphatic rings. The van der Waals surface area contributed by atoms with Gasteiger partial charge in [-0.25, -0.2) is 0 Å². The fourth-order valence-electron chi connectivity index (χ4n) is 6.22. The normalized spacial score (nSPS) is 14.1. The predicted octanol–water partition coefficient (Wildman–Crippen LogP) is 10.4. The minimum atomic E-state index is -4.40. The minimum absolute atomic E-state index is 0.284. The second-order valence-corrected chi connectivity index (χ2v) is 15.6. The third-order valence-electron chi connectivity index (χ3n) is 9.33. The van der Waals surface area contributed by atoms with Crippen molar-refractivity contribution in [3.05, 3.63) is 12.2 Å². The van der Waals surface area contributed by atoms with Crippen molar-refractivity contribution < 1.29 is 28.0 Å². The summed E-state index contributed by atoms with van der Waals surface area (Å²) >= 11 is 0. The van der Waals surface area contributed by atoms with Crippen LogP contribution >= 0.6 is 0 Å². The lowest BCUT2D eigenvalue weighted by atomic mass is 10.0. The van der Waals surface area contributed by atoms with Gasteiger partial charge < -0.3 is 15.5 Å². The fourth-order valence-corrected chi connectivity index (χ4v) is 6.98. The maximum Gasteiger partial charge on any atom is 0.266 e. The van der Waals surface area contributed by atoms with E-state index in [4.69, 9.17) is 0 Å². The van der Waals surface area contributed by atoms with Gasteiger partial charge in [0.25, 0.3) is 10.1 Å². The summed E-state index contributed by atoms with van der Waals surface area (Å²) in [6, 6.07) is -1.15. The lowest BCUT2D eigenvalue weighted by molar-refractivity contribution is -0.131. The number of aliphatic hydroxyl groups excluding tert-OH is 2. The second-order valence-electron chi connectivity index (χ2n) is 14.1. The molecule has 3 atom stereocenters. The van der Waals surface area contributed by atoms with Gasteiger partial charge in [-0.3, -0.25) is 9.35 Å². The highest BCUT2D eigenvalue weighted by Crippen LogP contribution is 2.16. The van der Waals surface area contributed by atoms with Gasteiger partial charge in [-0.05, 0) is 38.5 Å². The second kappa shape index (κ2) is 33.5. The zero-order valence-electron chi connectivity index (χ0n) is 30.8. The molecule has 0 fully saturated rings. The Labute approximate surface area is 291 Å². The van der Waals surface area contributed by atoms with E-state index >= 15 is 0 Å². The molecule has 4 N–H and O–H groups in total. The van der Waals surface area contributed by atoms with Crippen molar-refractivity contribution >= 4 is 16.0 Å². The van der Waals surface area contributed by atoms with Crippen molar-refractivity contribution in [1.29, 1.82) is 0 Å². The summed E-state index contributed by atoms with van der Waals surface area (Å²) < 4.78 is 32.5. The van der Waals surface area contributed by atoms with Crippen LogP contribution in [0.5, 0.6) is 0 Å². The van der Waals surface area contributed by atoms with Crippen molar-refractivity contribution in [3.63, 3.8) is 0 Å². The number of carbonyl (C=O) groups excluding carboxylic acids is 1. The third kappa shape index (κ3) is 33.3. The van der Waals surface area contributed by atoms with Gasteiger partial charge in [0.05, 0.1) is 17.9 Å². The first kappa shape index (κ1) is 46.0. The van der Waals surface area contributed by atoms with Gasteiger partial charge in [0, 0.05) is 0 Å². The molecule has 280 valence electrons. The first-order chi connectivity index (χ1) is 22.7. The average molecular weight is 688 g/mol. The van der Waals surface area contributed by atoms with Crippen LogP contribution < -0.4 is 5.32 Å². The van der Waals surface area contributed by atoms with E-state index in [2.05, 4.69) is 31.3 Å². The van der Waals surface area contributed by atoms with Gasteiger partial charge in [0.15, 0.2) is 0 Å². The molecule has 3 unspecified atom stereocenters. The molecule has 7 nitrogen and oxygen atoms in total. The Morgan fingerprint density at radius 2 is 0.894 bits per heavy atom. The number of aliphatic hydroxyl groups is 2. The van der Waals surface area contributed by atoms with E-state index in [-0.39, 0.29) is 6.42 Å². The smallest absolute Gasteiger partial charge is 0.266 e. The Balaban J connectivity index is 3.95. The number of rotatable bonds is 36. The highest BCUT2D eigenvalue weighted by molar-refractivity contribution is 7.85. The van der Waals surface area contributed by atoms with Gasteiger partial charge in [0.2, 0.25) is 5.91 Å². The van der Waals surface area contributed by atoms with Crippen LogP contribution in [-0.2, 0) is 14.9 Å². The van der Waals surface area contributed by atoms with Crippen LogP contribution in [0.4, 0.5) is 0 Å². The molecule has 0 radical (unpaired) electrons. The van der Waals surface area contributed by atoms with Crippen LogP contribution in [0.1, 0.15) is 206 Å². The Morgan fingerprint density at radius 3 is 1.32 bits per heavy atom. The highest BCUT2D eigenvalue weighted by atomic mass is 32.2. The Hall–Kier alpha value is -0.960. The number of allylic oxidation sites excluding steroid dienone is 2. The molecule has 0 saturated heterocycles. The molecule has 0 aliphatic carbocycles. The Bertz CT molecular complexity index is 818. The molecule has 0 bridgehead atoms. The van der Waals surface area contributed by atoms with Crippen LogP contribution in [0.3, 0.4) is 0 Å². The zero-order chi connectivity index (χ0) is 34.9. The molecule has 8 heteroatoms. The van der Waals surface area contributed by atoms with Gasteiger partial charge in [-0.15, -0.1) is 0 Å². The summed E-state index contributed by atoms with van der Waals surface area (Å²) in [5.74, 6) is -1.46. The molecule has 47 heavy (non-hydrogen) atoms. The summed E-state index contributed by atoms with van der Waals surface area (Å²) in [5, 5.41) is 23.5. The van der Waals surface area contributed by atoms with Gasteiger partial charge >= 0.3 is 0 Å². The fraction of sp³-hybridized carbons (Fsp3) is 0.923. The van der Waals surface area contributed by atoms with E-state index < -0.39 is 40.0 Å². The number of unbranched alkanes of at least 4 members (excludes halogenated alkanes) is 25. The van der Waals surface area contributed by atoms with Crippen LogP contribution in [0.2, 0.25) is 0 Å². The van der Waals surface area contributed by atoms with Gasteiger partial charge in [-0.1, -0.05) is 180 Å². The topological polar surface area (TPSA) is 124 Å². The minimum Gasteiger partial charge on any atom is -0.391 e. The standard InChI is InChI=1S/C39H77NO6S/c1-3-5-7-9-11-13-15-16-17-18-19-20-21-22-24-25-27-29-31-33-37(41)36(35-47(44,45)46)40-39(43)38(42)34-32-30-28-26-23-14-12-10-8-6-4-2/h12,14,36-38,41-42H,3-11,13,15-35H2,1-2H3,(H,40,43)(H,44,45,46)/b14-12-. The Morgan fingerprint density at radius 1 is 0.553 bits per heavy atom. The average Bonchev–Trinajstić information content (AvgIpc) is 3.03. The van der Waals surface area contributed by atoms with Crippen molar-refractivity contribution in [3.8, 4) is 0 Å². The van der Waals surface area contributed by atoms with E-state index in [0.29, 0.717) is 19.3 Å². The molecule has 0 saturated carbocycles. The quantitative estimate of drug-likeness (QED) is 0.0295. The molecule has 1 amide bonds. The van der Waals surface area contributed by atoms with Crippen molar-refractivity contribution in [2.24, 2.45) is 0 Å². The van der Waals surface area contributed by atoms with E-state index in [0.717, 1.165) is 51.4 Å². The zero-order valence-corrected chi connectivity index (χ0v) is 31.6. The molecule has 0 aliphatic heterocycles. The van der Waals surface area contributed by atoms with Gasteiger partial charge in [-0.2, -0.15) is 8.42 Å². The molecule has 0 heterocycles. The summed E-state index contributed by atoms with van der Waals surface area (Å²) in [5.41, 5.74) is 0. The van der Waals surface area contributed by atoms with Crippen molar-refractivity contribution in [2.45, 2.75) is 225 Å². The van der Waals surface area contributed by atoms with Crippen LogP contribution in [-0.4, -0.2) is 53.1 Å². The van der Waals surface area contributed by atoms with Crippen LogP contribution in [0, 0.1) is 0 Å². The Kier molecular flexibility index (Phi) is 32.8. The van der Waals surface area contributed by atoms with E-state index in [1.54, 1.807) is 0 Å². The number of hydrogen-bond acceptors (Lipinski definition) is 5. The maximum atomic E-state index is 12.5. The molecular formula is C39H77NO6S. The van der Waals surface area contributed by atoms with E-state index in [9.17, 15) is 28.0 Å². The first-order valence-corrected chi connectivity index (χ1v) is 21.6. The predicted molar refractivity (Wildman–Crippen MR) is 199 cm³/mol. The lowest BCUT2D eigenvalue weighted by Gasteiger charge is -2.24. The lowest BCUT2D eigenvalue weighted by Crippen LogP contribution is -2.50. The highest BCUT2D eigenvalue weighted by Gasteiger charge is 2.28. The number of carbonyl (C=O) groups is 1. The summed E-state index contributed by atoms with van der Waals surface area (Å²) in [4.78, 5) is 12.5. The number of nitrogens with one attached hydrogen (secondary N) is 1. The largest absolute Gasteiger partial charge is 0.391 e. The summed E-state index contributed by atoms with van der Waals surface area (Å²) in [7, 11) is -4.40. The molecule has 0 aromatic heterocycles. The van der Waals surface area contributed by atoms with Crippen molar-refractivity contribution in [1.82, 2.24) is 5.32 Å². The number of hydrogen-bond donors (Lipinski definition) is 4. The molecule has 0 spiro atoms. The number of amides is 1. The van der Waals surface area contributed by atoms with Crippen LogP contribution in [0.15, 0.2) is 12.2 Å². The molecule has 0 aromatic carbocycles. The van der Waals surface area contributed by atoms with E-state index in [1.807, 2.05) is 0 Å². The summed E-state index contributed by atoms with van der Waals surface area (Å²) in [6.45, 7) is 4.47. The van der Waals surface area contributed by atoms with E-state index in [1.165, 1.54) is 116 Å². The monoisotopic (exact) mass is 688 g/mol. The molecule has 0 aromatic rings. The SMILES string of the molecule is CCCCC/C=C\CCCCCCC(O)C(=O)NC(CS(=O)(=O)O)C(O)CCCCCCCCCCCCCCCCCCCCC.